The number of guanidine groups is 1. The standard InChI is InChI=1S/C13H30N4/c1-4-10-15-13(17-14)16-11-8-6-5-7-9-12(2)3/h12H,4-11,14H2,1-3H3,(H2,15,16,17). The van der Waals surface area contributed by atoms with Crippen molar-refractivity contribution >= 4 is 5.96 Å². The Morgan fingerprint density at radius 3 is 2.47 bits per heavy atom. The SMILES string of the molecule is CCCN=C(NN)NCCCCCCC(C)C. The van der Waals surface area contributed by atoms with Gasteiger partial charge in [0.1, 0.15) is 0 Å². The van der Waals surface area contributed by atoms with Crippen molar-refractivity contribution in [2.45, 2.75) is 59.3 Å². The molecule has 0 rings (SSSR count). The largest absolute Gasteiger partial charge is 0.355 e. The molecule has 0 amide bonds. The summed E-state index contributed by atoms with van der Waals surface area (Å²) in [7, 11) is 0. The molecule has 4 nitrogen and oxygen atoms in total. The molecule has 0 spiro atoms. The molecule has 0 radical (unpaired) electrons. The van der Waals surface area contributed by atoms with E-state index in [1.165, 1.54) is 32.1 Å². The van der Waals surface area contributed by atoms with Crippen molar-refractivity contribution < 1.29 is 0 Å². The Bertz CT molecular complexity index is 190. The lowest BCUT2D eigenvalue weighted by molar-refractivity contribution is 0.518. The van der Waals surface area contributed by atoms with Gasteiger partial charge in [0.25, 0.3) is 0 Å². The second-order valence-corrected chi connectivity index (χ2v) is 4.90. The van der Waals surface area contributed by atoms with Crippen molar-refractivity contribution in [3.63, 3.8) is 0 Å². The van der Waals surface area contributed by atoms with Gasteiger partial charge < -0.3 is 5.32 Å². The van der Waals surface area contributed by atoms with Gasteiger partial charge in [0.15, 0.2) is 0 Å². The van der Waals surface area contributed by atoms with E-state index < -0.39 is 0 Å². The number of hydrogen-bond donors (Lipinski definition) is 3. The number of nitrogens with two attached hydrogens (primary N) is 1. The molecule has 0 saturated heterocycles. The van der Waals surface area contributed by atoms with Gasteiger partial charge in [-0.05, 0) is 18.8 Å². The van der Waals surface area contributed by atoms with Gasteiger partial charge in [-0.2, -0.15) is 0 Å². The van der Waals surface area contributed by atoms with E-state index in [9.17, 15) is 0 Å². The van der Waals surface area contributed by atoms with E-state index in [0.29, 0.717) is 5.96 Å². The zero-order valence-corrected chi connectivity index (χ0v) is 11.8. The topological polar surface area (TPSA) is 62.4 Å². The molecule has 0 atom stereocenters. The minimum absolute atomic E-state index is 0.717. The first-order valence-corrected chi connectivity index (χ1v) is 6.95. The van der Waals surface area contributed by atoms with E-state index in [2.05, 4.69) is 36.5 Å². The van der Waals surface area contributed by atoms with Crippen molar-refractivity contribution in [1.82, 2.24) is 10.7 Å². The van der Waals surface area contributed by atoms with Gasteiger partial charge in [0, 0.05) is 13.1 Å². The van der Waals surface area contributed by atoms with Crippen LogP contribution in [0.5, 0.6) is 0 Å². The van der Waals surface area contributed by atoms with Gasteiger partial charge in [-0.1, -0.05) is 46.5 Å². The Kier molecular flexibility index (Phi) is 11.2. The molecule has 0 saturated carbocycles. The summed E-state index contributed by atoms with van der Waals surface area (Å²) < 4.78 is 0. The van der Waals surface area contributed by atoms with Crippen LogP contribution in [0.3, 0.4) is 0 Å². The first kappa shape index (κ1) is 16.2. The maximum absolute atomic E-state index is 5.37. The highest BCUT2D eigenvalue weighted by molar-refractivity contribution is 5.79. The summed E-state index contributed by atoms with van der Waals surface area (Å²) in [6.07, 6.45) is 7.54. The highest BCUT2D eigenvalue weighted by Gasteiger charge is 1.96. The Balaban J connectivity index is 3.37. The molecule has 17 heavy (non-hydrogen) atoms. The van der Waals surface area contributed by atoms with Crippen molar-refractivity contribution in [3.05, 3.63) is 0 Å². The van der Waals surface area contributed by atoms with E-state index in [0.717, 1.165) is 25.4 Å². The lowest BCUT2D eigenvalue weighted by Gasteiger charge is -2.09. The zero-order valence-electron chi connectivity index (χ0n) is 11.8. The number of rotatable bonds is 9. The van der Waals surface area contributed by atoms with Crippen LogP contribution in [0.15, 0.2) is 4.99 Å². The predicted octanol–water partition coefficient (Wildman–Crippen LogP) is 2.41. The average Bonchev–Trinajstić information content (AvgIpc) is 2.31. The lowest BCUT2D eigenvalue weighted by atomic mass is 10.0. The van der Waals surface area contributed by atoms with Crippen LogP contribution in [-0.2, 0) is 0 Å². The average molecular weight is 242 g/mol. The van der Waals surface area contributed by atoms with Crippen molar-refractivity contribution in [2.24, 2.45) is 16.8 Å². The quantitative estimate of drug-likeness (QED) is 0.191. The Morgan fingerprint density at radius 2 is 1.88 bits per heavy atom. The van der Waals surface area contributed by atoms with Crippen LogP contribution in [0.25, 0.3) is 0 Å². The van der Waals surface area contributed by atoms with Gasteiger partial charge in [0.2, 0.25) is 5.96 Å². The van der Waals surface area contributed by atoms with E-state index in [1.807, 2.05) is 0 Å². The van der Waals surface area contributed by atoms with Crippen molar-refractivity contribution in [2.75, 3.05) is 13.1 Å². The summed E-state index contributed by atoms with van der Waals surface area (Å²) in [5, 5.41) is 3.22. The highest BCUT2D eigenvalue weighted by Crippen LogP contribution is 2.08. The van der Waals surface area contributed by atoms with Crippen LogP contribution < -0.4 is 16.6 Å². The Hall–Kier alpha value is -0.770. The molecule has 0 unspecified atom stereocenters. The molecule has 0 fully saturated rings. The summed E-state index contributed by atoms with van der Waals surface area (Å²) in [4.78, 5) is 4.29. The lowest BCUT2D eigenvalue weighted by Crippen LogP contribution is -2.42. The third-order valence-corrected chi connectivity index (χ3v) is 2.63. The molecule has 4 heteroatoms. The summed E-state index contributed by atoms with van der Waals surface area (Å²) in [5.74, 6) is 6.92. The Morgan fingerprint density at radius 1 is 1.18 bits per heavy atom. The molecular weight excluding hydrogens is 212 g/mol. The summed E-state index contributed by atoms with van der Waals surface area (Å²) in [6.45, 7) is 8.44. The fourth-order valence-corrected chi connectivity index (χ4v) is 1.61. The van der Waals surface area contributed by atoms with Crippen LogP contribution in [-0.4, -0.2) is 19.0 Å². The van der Waals surface area contributed by atoms with Crippen LogP contribution in [0.4, 0.5) is 0 Å². The number of hydrazine groups is 1. The Labute approximate surface area is 106 Å². The van der Waals surface area contributed by atoms with Gasteiger partial charge in [-0.25, -0.2) is 5.84 Å². The van der Waals surface area contributed by atoms with Crippen molar-refractivity contribution in [1.29, 1.82) is 0 Å². The van der Waals surface area contributed by atoms with Crippen LogP contribution >= 0.6 is 0 Å². The highest BCUT2D eigenvalue weighted by atomic mass is 15.3. The molecule has 102 valence electrons. The molecule has 0 aliphatic carbocycles. The van der Waals surface area contributed by atoms with E-state index in [-0.39, 0.29) is 0 Å². The maximum Gasteiger partial charge on any atom is 0.205 e. The van der Waals surface area contributed by atoms with Gasteiger partial charge in [-0.15, -0.1) is 0 Å². The van der Waals surface area contributed by atoms with Gasteiger partial charge in [0.05, 0.1) is 0 Å². The van der Waals surface area contributed by atoms with E-state index in [1.54, 1.807) is 0 Å². The molecule has 0 aromatic carbocycles. The van der Waals surface area contributed by atoms with Crippen molar-refractivity contribution in [3.8, 4) is 0 Å². The smallest absolute Gasteiger partial charge is 0.205 e. The normalized spacial score (nSPS) is 11.9. The minimum atomic E-state index is 0.717. The molecule has 0 aromatic heterocycles. The predicted molar refractivity (Wildman–Crippen MR) is 75.8 cm³/mol. The fraction of sp³-hybridized carbons (Fsp3) is 0.923. The summed E-state index contributed by atoms with van der Waals surface area (Å²) in [6, 6.07) is 0. The molecule has 0 heterocycles. The number of hydrogen-bond acceptors (Lipinski definition) is 2. The van der Waals surface area contributed by atoms with Crippen LogP contribution in [0.1, 0.15) is 59.3 Å². The fourth-order valence-electron chi connectivity index (χ4n) is 1.61. The second kappa shape index (κ2) is 11.7. The number of unbranched alkanes of at least 4 members (excludes halogenated alkanes) is 3. The van der Waals surface area contributed by atoms with Gasteiger partial charge >= 0.3 is 0 Å². The number of nitrogens with one attached hydrogen (secondary N) is 2. The molecular formula is C13H30N4. The first-order chi connectivity index (χ1) is 8.20. The second-order valence-electron chi connectivity index (χ2n) is 4.90. The minimum Gasteiger partial charge on any atom is -0.355 e. The third kappa shape index (κ3) is 11.5. The molecule has 0 aromatic rings. The zero-order chi connectivity index (χ0) is 12.9. The molecule has 4 N–H and O–H groups in total. The summed E-state index contributed by atoms with van der Waals surface area (Å²) in [5.41, 5.74) is 2.59. The van der Waals surface area contributed by atoms with E-state index in [4.69, 9.17) is 5.84 Å². The monoisotopic (exact) mass is 242 g/mol. The van der Waals surface area contributed by atoms with Crippen LogP contribution in [0, 0.1) is 5.92 Å². The first-order valence-electron chi connectivity index (χ1n) is 6.95. The van der Waals surface area contributed by atoms with Gasteiger partial charge in [-0.3, -0.25) is 10.4 Å². The summed E-state index contributed by atoms with van der Waals surface area (Å²) >= 11 is 0. The van der Waals surface area contributed by atoms with E-state index >= 15 is 0 Å². The molecule has 0 bridgehead atoms. The maximum atomic E-state index is 5.37. The number of nitrogens with zero attached hydrogens (tertiary/aromatic N) is 1. The van der Waals surface area contributed by atoms with Crippen LogP contribution in [0.2, 0.25) is 0 Å². The third-order valence-electron chi connectivity index (χ3n) is 2.63. The molecule has 0 aliphatic heterocycles. The molecule has 0 aliphatic rings. The number of aliphatic imine (C=N–C) groups is 1.